The third kappa shape index (κ3) is 2.43. The minimum absolute atomic E-state index is 0.0333. The Morgan fingerprint density at radius 2 is 1.86 bits per heavy atom. The van der Waals surface area contributed by atoms with Gasteiger partial charge in [-0.2, -0.15) is 5.10 Å². The van der Waals surface area contributed by atoms with Crippen LogP contribution in [-0.4, -0.2) is 25.4 Å². The van der Waals surface area contributed by atoms with Crippen molar-refractivity contribution in [3.8, 4) is 0 Å². The Kier molecular flexibility index (Phi) is 3.27. The molecule has 0 spiro atoms. The number of hydrogen-bond donors (Lipinski definition) is 1. The molecule has 0 aliphatic carbocycles. The van der Waals surface area contributed by atoms with E-state index in [0.29, 0.717) is 18.5 Å². The van der Waals surface area contributed by atoms with E-state index in [-0.39, 0.29) is 11.3 Å². The largest absolute Gasteiger partial charge is 0.476 e. The summed E-state index contributed by atoms with van der Waals surface area (Å²) in [6.45, 7) is 0.863. The number of fused-ring (bicyclic) bond motifs is 1. The molecule has 21 heavy (non-hydrogen) atoms. The normalized spacial score (nSPS) is 10.9. The van der Waals surface area contributed by atoms with Gasteiger partial charge in [0.2, 0.25) is 0 Å². The summed E-state index contributed by atoms with van der Waals surface area (Å²) >= 11 is 0. The maximum Gasteiger partial charge on any atom is 0.357 e. The second-order valence-electron chi connectivity index (χ2n) is 4.63. The molecule has 1 aromatic carbocycles. The number of nitrogens with zero attached hydrogens (tertiary/aromatic N) is 3. The summed E-state index contributed by atoms with van der Waals surface area (Å²) in [7, 11) is 0. The molecule has 0 atom stereocenters. The number of pyridine rings is 1. The molecular formula is C15H13N3O3. The Bertz CT molecular complexity index is 864. The molecule has 3 rings (SSSR count). The van der Waals surface area contributed by atoms with Gasteiger partial charge >= 0.3 is 5.97 Å². The number of aryl methyl sites for hydroxylation is 2. The van der Waals surface area contributed by atoms with Crippen LogP contribution in [0.15, 0.2) is 53.5 Å². The first-order valence-electron chi connectivity index (χ1n) is 6.51. The molecule has 0 unspecified atom stereocenters. The van der Waals surface area contributed by atoms with E-state index >= 15 is 0 Å². The molecule has 1 N–H and O–H groups in total. The molecule has 6 nitrogen and oxygen atoms in total. The Balaban J connectivity index is 1.96. The summed E-state index contributed by atoms with van der Waals surface area (Å²) in [6, 6.07) is 12.1. The molecule has 0 saturated heterocycles. The molecule has 0 amide bonds. The Labute approximate surface area is 119 Å². The second-order valence-corrected chi connectivity index (χ2v) is 4.63. The smallest absolute Gasteiger partial charge is 0.357 e. The Morgan fingerprint density at radius 3 is 2.62 bits per heavy atom. The zero-order chi connectivity index (χ0) is 14.8. The van der Waals surface area contributed by atoms with Crippen molar-refractivity contribution in [2.24, 2.45) is 0 Å². The Hall–Kier alpha value is -2.89. The molecule has 106 valence electrons. The molecule has 0 radical (unpaired) electrons. The van der Waals surface area contributed by atoms with E-state index in [1.807, 2.05) is 12.1 Å². The maximum atomic E-state index is 11.7. The van der Waals surface area contributed by atoms with Gasteiger partial charge < -0.3 is 9.67 Å². The zero-order valence-electron chi connectivity index (χ0n) is 11.1. The fraction of sp³-hybridized carbons (Fsp3) is 0.133. The lowest BCUT2D eigenvalue weighted by Crippen LogP contribution is -2.20. The van der Waals surface area contributed by atoms with E-state index in [2.05, 4.69) is 5.10 Å². The first-order chi connectivity index (χ1) is 10.2. The van der Waals surface area contributed by atoms with Gasteiger partial charge in [-0.1, -0.05) is 24.3 Å². The number of carbonyl (C=O) groups is 1. The molecule has 2 aromatic heterocycles. The van der Waals surface area contributed by atoms with Gasteiger partial charge in [0.05, 0.1) is 12.1 Å². The number of carboxylic acids is 1. The van der Waals surface area contributed by atoms with E-state index < -0.39 is 5.97 Å². The summed E-state index contributed by atoms with van der Waals surface area (Å²) in [4.78, 5) is 22.9. The summed E-state index contributed by atoms with van der Waals surface area (Å²) in [6.07, 6.45) is 1.70. The first kappa shape index (κ1) is 13.1. The highest BCUT2D eigenvalue weighted by atomic mass is 16.4. The summed E-state index contributed by atoms with van der Waals surface area (Å²) in [5, 5.41) is 13.9. The van der Waals surface area contributed by atoms with Gasteiger partial charge in [-0.3, -0.25) is 9.48 Å². The quantitative estimate of drug-likeness (QED) is 0.789. The van der Waals surface area contributed by atoms with E-state index in [9.17, 15) is 14.7 Å². The van der Waals surface area contributed by atoms with Crippen LogP contribution in [0, 0.1) is 0 Å². The van der Waals surface area contributed by atoms with Crippen LogP contribution in [0.25, 0.3) is 10.9 Å². The number of hydrogen-bond acceptors (Lipinski definition) is 3. The molecule has 6 heteroatoms. The van der Waals surface area contributed by atoms with Gasteiger partial charge in [-0.25, -0.2) is 4.79 Å². The van der Waals surface area contributed by atoms with Crippen LogP contribution in [0.5, 0.6) is 0 Å². The van der Waals surface area contributed by atoms with E-state index in [0.717, 1.165) is 5.52 Å². The Morgan fingerprint density at radius 1 is 1.10 bits per heavy atom. The molecule has 0 bridgehead atoms. The molecule has 2 heterocycles. The van der Waals surface area contributed by atoms with Gasteiger partial charge in [0, 0.05) is 24.2 Å². The SMILES string of the molecule is O=C(O)c1nn(CCn2ccccc2=O)c2ccccc12. The van der Waals surface area contributed by atoms with Crippen LogP contribution in [0.3, 0.4) is 0 Å². The fourth-order valence-corrected chi connectivity index (χ4v) is 2.30. The minimum atomic E-state index is -1.05. The van der Waals surface area contributed by atoms with Crippen molar-refractivity contribution >= 4 is 16.9 Å². The molecular weight excluding hydrogens is 270 g/mol. The number of para-hydroxylation sites is 1. The third-order valence-corrected chi connectivity index (χ3v) is 3.31. The van der Waals surface area contributed by atoms with Gasteiger partial charge in [0.1, 0.15) is 0 Å². The van der Waals surface area contributed by atoms with Crippen molar-refractivity contribution in [1.82, 2.24) is 14.3 Å². The second kappa shape index (κ2) is 5.24. The first-order valence-corrected chi connectivity index (χ1v) is 6.51. The highest BCUT2D eigenvalue weighted by Gasteiger charge is 2.15. The number of aromatic nitrogens is 3. The molecule has 0 aliphatic rings. The number of aromatic carboxylic acids is 1. The van der Waals surface area contributed by atoms with Gasteiger partial charge in [0.15, 0.2) is 5.69 Å². The van der Waals surface area contributed by atoms with Crippen LogP contribution >= 0.6 is 0 Å². The van der Waals surface area contributed by atoms with Crippen molar-refractivity contribution in [3.05, 3.63) is 64.7 Å². The van der Waals surface area contributed by atoms with Crippen molar-refractivity contribution < 1.29 is 9.90 Å². The third-order valence-electron chi connectivity index (χ3n) is 3.31. The summed E-state index contributed by atoms with van der Waals surface area (Å²) in [5.41, 5.74) is 0.692. The zero-order valence-corrected chi connectivity index (χ0v) is 11.1. The lowest BCUT2D eigenvalue weighted by molar-refractivity contribution is 0.0691. The van der Waals surface area contributed by atoms with Crippen molar-refractivity contribution in [2.75, 3.05) is 0 Å². The number of carboxylic acid groups (broad SMARTS) is 1. The maximum absolute atomic E-state index is 11.7. The topological polar surface area (TPSA) is 77.1 Å². The lowest BCUT2D eigenvalue weighted by Gasteiger charge is -2.06. The highest BCUT2D eigenvalue weighted by molar-refractivity contribution is 6.01. The van der Waals surface area contributed by atoms with Gasteiger partial charge in [-0.15, -0.1) is 0 Å². The van der Waals surface area contributed by atoms with Crippen LogP contribution in [0.2, 0.25) is 0 Å². The van der Waals surface area contributed by atoms with Gasteiger partial charge in [-0.05, 0) is 12.1 Å². The average Bonchev–Trinajstić information content (AvgIpc) is 2.86. The summed E-state index contributed by atoms with van der Waals surface area (Å²) in [5.74, 6) is -1.05. The molecule has 3 aromatic rings. The van der Waals surface area contributed by atoms with Gasteiger partial charge in [0.25, 0.3) is 5.56 Å². The van der Waals surface area contributed by atoms with Crippen LogP contribution in [0.4, 0.5) is 0 Å². The van der Waals surface area contributed by atoms with Crippen LogP contribution < -0.4 is 5.56 Å². The number of rotatable bonds is 4. The summed E-state index contributed by atoms with van der Waals surface area (Å²) < 4.78 is 3.19. The number of benzene rings is 1. The molecule has 0 saturated carbocycles. The average molecular weight is 283 g/mol. The van der Waals surface area contributed by atoms with Crippen LogP contribution in [-0.2, 0) is 13.1 Å². The van der Waals surface area contributed by atoms with Crippen molar-refractivity contribution in [3.63, 3.8) is 0 Å². The van der Waals surface area contributed by atoms with Crippen molar-refractivity contribution in [2.45, 2.75) is 13.1 Å². The molecule has 0 fully saturated rings. The molecule has 0 aliphatic heterocycles. The predicted octanol–water partition coefficient (Wildman–Crippen LogP) is 1.60. The van der Waals surface area contributed by atoms with E-state index in [1.165, 1.54) is 6.07 Å². The van der Waals surface area contributed by atoms with Crippen LogP contribution in [0.1, 0.15) is 10.5 Å². The van der Waals surface area contributed by atoms with E-state index in [4.69, 9.17) is 0 Å². The highest BCUT2D eigenvalue weighted by Crippen LogP contribution is 2.18. The predicted molar refractivity (Wildman–Crippen MR) is 77.4 cm³/mol. The minimum Gasteiger partial charge on any atom is -0.476 e. The van der Waals surface area contributed by atoms with E-state index in [1.54, 1.807) is 39.7 Å². The monoisotopic (exact) mass is 283 g/mol. The lowest BCUT2D eigenvalue weighted by atomic mass is 10.2. The fourth-order valence-electron chi connectivity index (χ4n) is 2.30. The standard InChI is InChI=1S/C15H13N3O3/c19-13-7-3-4-8-17(13)9-10-18-12-6-2-1-5-11(12)14(16-18)15(20)21/h1-8H,9-10H2,(H,20,21). The van der Waals surface area contributed by atoms with Crippen molar-refractivity contribution in [1.29, 1.82) is 0 Å².